The Labute approximate surface area is 130 Å². The Morgan fingerprint density at radius 3 is 2.86 bits per heavy atom. The van der Waals surface area contributed by atoms with Crippen molar-refractivity contribution in [2.75, 3.05) is 18.3 Å². The van der Waals surface area contributed by atoms with Crippen LogP contribution in [0.3, 0.4) is 0 Å². The zero-order valence-corrected chi connectivity index (χ0v) is 13.6. The summed E-state index contributed by atoms with van der Waals surface area (Å²) in [5.74, 6) is -0.657. The average molecular weight is 377 g/mol. The first kappa shape index (κ1) is 15.9. The number of hydrogen-bond acceptors (Lipinski definition) is 4. The van der Waals surface area contributed by atoms with Crippen LogP contribution in [-0.4, -0.2) is 31.8 Å². The van der Waals surface area contributed by atoms with Gasteiger partial charge in [-0.3, -0.25) is 9.40 Å². The molecule has 2 aromatic rings. The van der Waals surface area contributed by atoms with Crippen LogP contribution >= 0.6 is 15.9 Å². The number of nitrogens with one attached hydrogen (secondary N) is 2. The Morgan fingerprint density at radius 1 is 1.43 bits per heavy atom. The van der Waals surface area contributed by atoms with Gasteiger partial charge in [0.25, 0.3) is 10.0 Å². The molecule has 0 spiro atoms. The minimum atomic E-state index is -3.89. The van der Waals surface area contributed by atoms with Crippen molar-refractivity contribution in [1.29, 1.82) is 0 Å². The van der Waals surface area contributed by atoms with Gasteiger partial charge in [0, 0.05) is 17.2 Å². The second-order valence-corrected chi connectivity index (χ2v) is 6.78. The van der Waals surface area contributed by atoms with Crippen molar-refractivity contribution < 1.29 is 12.8 Å². The van der Waals surface area contributed by atoms with Gasteiger partial charge in [0.1, 0.15) is 10.7 Å². The summed E-state index contributed by atoms with van der Waals surface area (Å²) in [6, 6.07) is 4.21. The molecule has 1 heterocycles. The van der Waals surface area contributed by atoms with Gasteiger partial charge in [0.05, 0.1) is 18.4 Å². The number of anilines is 1. The second kappa shape index (κ2) is 6.54. The molecule has 0 fully saturated rings. The first-order valence-electron chi connectivity index (χ1n) is 6.08. The van der Waals surface area contributed by atoms with Crippen LogP contribution in [0.15, 0.2) is 40.0 Å². The van der Waals surface area contributed by atoms with Crippen molar-refractivity contribution in [3.05, 3.63) is 40.9 Å². The maximum Gasteiger partial charge on any atom is 0.265 e. The van der Waals surface area contributed by atoms with Crippen molar-refractivity contribution >= 4 is 31.6 Å². The van der Waals surface area contributed by atoms with Crippen LogP contribution in [0.5, 0.6) is 0 Å². The van der Waals surface area contributed by atoms with E-state index in [1.165, 1.54) is 29.2 Å². The fourth-order valence-electron chi connectivity index (χ4n) is 1.62. The first-order chi connectivity index (χ1) is 9.94. The fourth-order valence-corrected chi connectivity index (χ4v) is 3.23. The molecule has 2 rings (SSSR count). The summed E-state index contributed by atoms with van der Waals surface area (Å²) in [5.41, 5.74) is -0.125. The Hall–Kier alpha value is -1.45. The lowest BCUT2D eigenvalue weighted by atomic mass is 10.3. The molecule has 1 aromatic heterocycles. The number of nitrogens with zero attached hydrogens (tertiary/aromatic N) is 2. The number of benzene rings is 1. The molecule has 0 bridgehead atoms. The number of para-hydroxylation sites is 1. The summed E-state index contributed by atoms with van der Waals surface area (Å²) < 4.78 is 42.2. The lowest BCUT2D eigenvalue weighted by molar-refractivity contribution is 0.582. The molecule has 0 aliphatic rings. The van der Waals surface area contributed by atoms with Crippen LogP contribution in [0.25, 0.3) is 0 Å². The third kappa shape index (κ3) is 3.80. The Bertz CT molecular complexity index is 712. The number of halogens is 2. The van der Waals surface area contributed by atoms with E-state index < -0.39 is 15.8 Å². The van der Waals surface area contributed by atoms with Crippen molar-refractivity contribution in [2.45, 2.75) is 11.4 Å². The summed E-state index contributed by atoms with van der Waals surface area (Å²) in [4.78, 5) is -0.0197. The third-order valence-corrected chi connectivity index (χ3v) is 4.68. The topological polar surface area (TPSA) is 76.0 Å². The molecule has 0 saturated heterocycles. The van der Waals surface area contributed by atoms with Gasteiger partial charge in [-0.1, -0.05) is 6.07 Å². The predicted octanol–water partition coefficient (Wildman–Crippen LogP) is 1.80. The van der Waals surface area contributed by atoms with Crippen LogP contribution in [0.2, 0.25) is 0 Å². The molecule has 21 heavy (non-hydrogen) atoms. The molecular formula is C12H14BrFN4O2S. The number of rotatable bonds is 6. The number of sulfonamides is 1. The number of likely N-dealkylation sites (N-methyl/N-ethyl adjacent to an activating group) is 1. The summed E-state index contributed by atoms with van der Waals surface area (Å²) in [6.07, 6.45) is 2.63. The Balaban J connectivity index is 2.24. The highest BCUT2D eigenvalue weighted by Gasteiger charge is 2.19. The monoisotopic (exact) mass is 376 g/mol. The Kier molecular flexibility index (Phi) is 4.96. The second-order valence-electron chi connectivity index (χ2n) is 4.24. The largest absolute Gasteiger partial charge is 0.318 e. The zero-order valence-electron chi connectivity index (χ0n) is 11.2. The normalized spacial score (nSPS) is 11.6. The van der Waals surface area contributed by atoms with E-state index in [0.717, 1.165) is 0 Å². The smallest absolute Gasteiger partial charge is 0.265 e. The lowest BCUT2D eigenvalue weighted by Gasteiger charge is -2.09. The highest BCUT2D eigenvalue weighted by Crippen LogP contribution is 2.27. The van der Waals surface area contributed by atoms with Crippen LogP contribution in [0.1, 0.15) is 0 Å². The summed E-state index contributed by atoms with van der Waals surface area (Å²) >= 11 is 3.12. The van der Waals surface area contributed by atoms with Gasteiger partial charge in [-0.25, -0.2) is 12.8 Å². The van der Waals surface area contributed by atoms with Crippen molar-refractivity contribution in [3.8, 4) is 0 Å². The summed E-state index contributed by atoms with van der Waals surface area (Å²) in [5, 5.41) is 6.90. The van der Waals surface area contributed by atoms with E-state index in [1.54, 1.807) is 13.1 Å². The molecular weight excluding hydrogens is 363 g/mol. The first-order valence-corrected chi connectivity index (χ1v) is 8.35. The summed E-state index contributed by atoms with van der Waals surface area (Å²) in [6.45, 7) is 1.20. The predicted molar refractivity (Wildman–Crippen MR) is 81.1 cm³/mol. The highest BCUT2D eigenvalue weighted by atomic mass is 79.9. The molecule has 1 aromatic carbocycles. The fraction of sp³-hybridized carbons (Fsp3) is 0.250. The standard InChI is InChI=1S/C12H14BrFN4O2S/c1-15-5-6-18-8-9(7-16-18)21(19,20)17-12-10(13)3-2-4-11(12)14/h2-4,7-8,15,17H,5-6H2,1H3. The minimum absolute atomic E-state index is 0.0197. The molecule has 0 radical (unpaired) electrons. The third-order valence-electron chi connectivity index (χ3n) is 2.71. The van der Waals surface area contributed by atoms with Gasteiger partial charge in [0.15, 0.2) is 0 Å². The van der Waals surface area contributed by atoms with E-state index in [9.17, 15) is 12.8 Å². The zero-order chi connectivity index (χ0) is 15.5. The molecule has 0 amide bonds. The SMILES string of the molecule is CNCCn1cc(S(=O)(=O)Nc2c(F)cccc2Br)cn1. The van der Waals surface area contributed by atoms with Gasteiger partial charge < -0.3 is 5.32 Å². The van der Waals surface area contributed by atoms with Crippen LogP contribution in [-0.2, 0) is 16.6 Å². The Morgan fingerprint density at radius 2 is 2.19 bits per heavy atom. The van der Waals surface area contributed by atoms with Crippen molar-refractivity contribution in [3.63, 3.8) is 0 Å². The molecule has 0 atom stereocenters. The molecule has 9 heteroatoms. The van der Waals surface area contributed by atoms with Gasteiger partial charge >= 0.3 is 0 Å². The molecule has 0 aliphatic heterocycles. The van der Waals surface area contributed by atoms with Gasteiger partial charge in [0.2, 0.25) is 0 Å². The minimum Gasteiger partial charge on any atom is -0.318 e. The van der Waals surface area contributed by atoms with Crippen molar-refractivity contribution in [2.24, 2.45) is 0 Å². The molecule has 0 aliphatic carbocycles. The van der Waals surface area contributed by atoms with Gasteiger partial charge in [-0.05, 0) is 35.1 Å². The quantitative estimate of drug-likeness (QED) is 0.805. The van der Waals surface area contributed by atoms with E-state index in [4.69, 9.17) is 0 Å². The van der Waals surface area contributed by atoms with E-state index in [-0.39, 0.29) is 10.6 Å². The highest BCUT2D eigenvalue weighted by molar-refractivity contribution is 9.10. The van der Waals surface area contributed by atoms with Crippen LogP contribution in [0.4, 0.5) is 10.1 Å². The molecule has 0 saturated carbocycles. The van der Waals surface area contributed by atoms with Gasteiger partial charge in [-0.15, -0.1) is 0 Å². The van der Waals surface area contributed by atoms with Crippen LogP contribution < -0.4 is 10.0 Å². The van der Waals surface area contributed by atoms with E-state index in [0.29, 0.717) is 17.6 Å². The van der Waals surface area contributed by atoms with E-state index in [1.807, 2.05) is 0 Å². The maximum atomic E-state index is 13.7. The average Bonchev–Trinajstić information content (AvgIpc) is 2.90. The van der Waals surface area contributed by atoms with Gasteiger partial charge in [-0.2, -0.15) is 5.10 Å². The molecule has 0 unspecified atom stereocenters. The number of aromatic nitrogens is 2. The van der Waals surface area contributed by atoms with E-state index in [2.05, 4.69) is 31.1 Å². The summed E-state index contributed by atoms with van der Waals surface area (Å²) in [7, 11) is -2.10. The molecule has 114 valence electrons. The lowest BCUT2D eigenvalue weighted by Crippen LogP contribution is -2.16. The molecule has 6 nitrogen and oxygen atoms in total. The van der Waals surface area contributed by atoms with Crippen molar-refractivity contribution in [1.82, 2.24) is 15.1 Å². The molecule has 2 N–H and O–H groups in total. The maximum absolute atomic E-state index is 13.7. The van der Waals surface area contributed by atoms with Crippen LogP contribution in [0, 0.1) is 5.82 Å². The van der Waals surface area contributed by atoms with E-state index >= 15 is 0 Å². The number of hydrogen-bond donors (Lipinski definition) is 2.